The van der Waals surface area contributed by atoms with Gasteiger partial charge in [-0.1, -0.05) is 54.6 Å². The molecular weight excluding hydrogens is 264 g/mol. The van der Waals surface area contributed by atoms with E-state index in [1.165, 1.54) is 30.0 Å². The fourth-order valence-corrected chi connectivity index (χ4v) is 6.95. The molecule has 7 unspecified atom stereocenters. The van der Waals surface area contributed by atoms with Gasteiger partial charge in [-0.3, -0.25) is 0 Å². The van der Waals surface area contributed by atoms with Crippen LogP contribution in [0.4, 0.5) is 0 Å². The van der Waals surface area contributed by atoms with E-state index >= 15 is 0 Å². The SMILES string of the molecule is C1=CC2CC1C1C3CC(c4cccc5ccccc45)C(C3)C21. The van der Waals surface area contributed by atoms with Gasteiger partial charge in [0.25, 0.3) is 0 Å². The molecule has 4 aliphatic carbocycles. The van der Waals surface area contributed by atoms with E-state index in [1.54, 1.807) is 5.56 Å². The Bertz CT molecular complexity index is 780. The van der Waals surface area contributed by atoms with Gasteiger partial charge in [0.05, 0.1) is 0 Å². The molecule has 0 amide bonds. The second-order valence-corrected chi connectivity index (χ2v) is 8.17. The molecule has 0 radical (unpaired) electrons. The smallest absolute Gasteiger partial charge is 0.0122 e. The summed E-state index contributed by atoms with van der Waals surface area (Å²) < 4.78 is 0. The summed E-state index contributed by atoms with van der Waals surface area (Å²) in [4.78, 5) is 0. The van der Waals surface area contributed by atoms with Crippen LogP contribution in [0.1, 0.15) is 30.7 Å². The van der Waals surface area contributed by atoms with E-state index in [2.05, 4.69) is 54.6 Å². The van der Waals surface area contributed by atoms with Crippen molar-refractivity contribution in [3.05, 3.63) is 60.2 Å². The zero-order valence-corrected chi connectivity index (χ0v) is 12.9. The van der Waals surface area contributed by atoms with Gasteiger partial charge in [-0.15, -0.1) is 0 Å². The number of fused-ring (bicyclic) bond motifs is 10. The third-order valence-corrected chi connectivity index (χ3v) is 7.49. The fourth-order valence-electron chi connectivity index (χ4n) is 6.95. The van der Waals surface area contributed by atoms with Gasteiger partial charge in [0, 0.05) is 0 Å². The van der Waals surface area contributed by atoms with Crippen molar-refractivity contribution in [3.63, 3.8) is 0 Å². The minimum atomic E-state index is 0.824. The van der Waals surface area contributed by atoms with Crippen LogP contribution in [0.5, 0.6) is 0 Å². The van der Waals surface area contributed by atoms with Crippen molar-refractivity contribution in [3.8, 4) is 0 Å². The zero-order chi connectivity index (χ0) is 14.3. The van der Waals surface area contributed by atoms with E-state index in [0.717, 1.165) is 41.4 Å². The van der Waals surface area contributed by atoms with Gasteiger partial charge >= 0.3 is 0 Å². The topological polar surface area (TPSA) is 0 Å². The molecular formula is C22H22. The summed E-state index contributed by atoms with van der Waals surface area (Å²) in [6.07, 6.45) is 9.56. The van der Waals surface area contributed by atoms with E-state index in [1.807, 2.05) is 0 Å². The lowest BCUT2D eigenvalue weighted by molar-refractivity contribution is 0.185. The summed E-state index contributed by atoms with van der Waals surface area (Å²) in [6.45, 7) is 0. The highest BCUT2D eigenvalue weighted by atomic mass is 14.6. The van der Waals surface area contributed by atoms with Crippen molar-refractivity contribution >= 4 is 10.8 Å². The molecule has 4 bridgehead atoms. The summed E-state index contributed by atoms with van der Waals surface area (Å²) in [6, 6.07) is 16.0. The Morgan fingerprint density at radius 3 is 2.50 bits per heavy atom. The number of allylic oxidation sites excluding steroid dienone is 2. The highest BCUT2D eigenvalue weighted by Crippen LogP contribution is 2.69. The number of benzene rings is 2. The number of rotatable bonds is 1. The summed E-state index contributed by atoms with van der Waals surface area (Å²) in [5.74, 6) is 6.72. The van der Waals surface area contributed by atoms with Gasteiger partial charge in [-0.2, -0.15) is 0 Å². The lowest BCUT2D eigenvalue weighted by Gasteiger charge is -2.37. The van der Waals surface area contributed by atoms with Crippen molar-refractivity contribution in [2.45, 2.75) is 25.2 Å². The molecule has 6 rings (SSSR count). The molecule has 0 heteroatoms. The quantitative estimate of drug-likeness (QED) is 0.486. The van der Waals surface area contributed by atoms with Crippen LogP contribution in [0.25, 0.3) is 10.8 Å². The van der Waals surface area contributed by atoms with Gasteiger partial charge < -0.3 is 0 Å². The van der Waals surface area contributed by atoms with Crippen molar-refractivity contribution in [2.24, 2.45) is 35.5 Å². The predicted molar refractivity (Wildman–Crippen MR) is 90.6 cm³/mol. The first kappa shape index (κ1) is 11.9. The first-order valence-corrected chi connectivity index (χ1v) is 9.06. The predicted octanol–water partition coefficient (Wildman–Crippen LogP) is 5.40. The molecule has 0 heterocycles. The lowest BCUT2D eigenvalue weighted by Crippen LogP contribution is -2.30. The van der Waals surface area contributed by atoms with Crippen LogP contribution in [0, 0.1) is 35.5 Å². The largest absolute Gasteiger partial charge is 0.0848 e. The molecule has 0 spiro atoms. The maximum absolute atomic E-state index is 2.56. The fraction of sp³-hybridized carbons (Fsp3) is 0.455. The van der Waals surface area contributed by atoms with Crippen LogP contribution in [0.2, 0.25) is 0 Å². The Kier molecular flexibility index (Phi) is 2.19. The molecule has 0 N–H and O–H groups in total. The van der Waals surface area contributed by atoms with E-state index in [-0.39, 0.29) is 0 Å². The van der Waals surface area contributed by atoms with Crippen molar-refractivity contribution < 1.29 is 0 Å². The molecule has 0 aromatic heterocycles. The van der Waals surface area contributed by atoms with Crippen molar-refractivity contribution in [1.29, 1.82) is 0 Å². The summed E-state index contributed by atoms with van der Waals surface area (Å²) in [7, 11) is 0. The normalized spacial score (nSPS) is 44.1. The molecule has 22 heavy (non-hydrogen) atoms. The second-order valence-electron chi connectivity index (χ2n) is 8.17. The number of hydrogen-bond acceptors (Lipinski definition) is 0. The van der Waals surface area contributed by atoms with Gasteiger partial charge in [0.15, 0.2) is 0 Å². The molecule has 3 fully saturated rings. The van der Waals surface area contributed by atoms with E-state index in [9.17, 15) is 0 Å². The third-order valence-electron chi connectivity index (χ3n) is 7.49. The lowest BCUT2D eigenvalue weighted by atomic mass is 9.67. The Labute approximate surface area is 132 Å². The molecule has 3 saturated carbocycles. The van der Waals surface area contributed by atoms with Crippen LogP contribution in [0.15, 0.2) is 54.6 Å². The first-order valence-electron chi connectivity index (χ1n) is 9.06. The molecule has 2 aromatic rings. The molecule has 0 saturated heterocycles. The highest BCUT2D eigenvalue weighted by molar-refractivity contribution is 5.86. The summed E-state index contributed by atoms with van der Waals surface area (Å²) in [5.41, 5.74) is 1.65. The van der Waals surface area contributed by atoms with Gasteiger partial charge in [0.1, 0.15) is 0 Å². The van der Waals surface area contributed by atoms with Crippen LogP contribution >= 0.6 is 0 Å². The average Bonchev–Trinajstić information content (AvgIpc) is 3.32. The zero-order valence-electron chi connectivity index (χ0n) is 12.9. The van der Waals surface area contributed by atoms with Crippen LogP contribution < -0.4 is 0 Å². The van der Waals surface area contributed by atoms with E-state index in [4.69, 9.17) is 0 Å². The van der Waals surface area contributed by atoms with Crippen LogP contribution in [0.3, 0.4) is 0 Å². The van der Waals surface area contributed by atoms with Crippen molar-refractivity contribution in [1.82, 2.24) is 0 Å². The standard InChI is InChI=1S/C22H22/c1-2-6-17-13(4-1)5-3-7-18(17)19-11-16-12-20(19)22-15-9-8-14(10-15)21(16)22/h1-9,14-16,19-22H,10-12H2. The molecule has 7 atom stereocenters. The van der Waals surface area contributed by atoms with Crippen LogP contribution in [-0.2, 0) is 0 Å². The summed E-state index contributed by atoms with van der Waals surface area (Å²) in [5, 5.41) is 2.94. The van der Waals surface area contributed by atoms with Gasteiger partial charge in [-0.25, -0.2) is 0 Å². The van der Waals surface area contributed by atoms with Crippen molar-refractivity contribution in [2.75, 3.05) is 0 Å². The summed E-state index contributed by atoms with van der Waals surface area (Å²) >= 11 is 0. The molecule has 2 aromatic carbocycles. The van der Waals surface area contributed by atoms with Crippen LogP contribution in [-0.4, -0.2) is 0 Å². The Morgan fingerprint density at radius 2 is 1.55 bits per heavy atom. The first-order chi connectivity index (χ1) is 10.9. The average molecular weight is 286 g/mol. The Hall–Kier alpha value is -1.56. The monoisotopic (exact) mass is 286 g/mol. The second kappa shape index (κ2) is 4.04. The minimum Gasteiger partial charge on any atom is -0.0848 e. The molecule has 4 aliphatic rings. The van der Waals surface area contributed by atoms with E-state index < -0.39 is 0 Å². The minimum absolute atomic E-state index is 0.824. The maximum atomic E-state index is 2.56. The Balaban J connectivity index is 1.46. The van der Waals surface area contributed by atoms with Gasteiger partial charge in [-0.05, 0) is 77.0 Å². The molecule has 110 valence electrons. The molecule has 0 nitrogen and oxygen atoms in total. The van der Waals surface area contributed by atoms with Gasteiger partial charge in [0.2, 0.25) is 0 Å². The molecule has 0 aliphatic heterocycles. The Morgan fingerprint density at radius 1 is 0.727 bits per heavy atom. The third kappa shape index (κ3) is 1.35. The van der Waals surface area contributed by atoms with E-state index in [0.29, 0.717) is 0 Å². The number of hydrogen-bond donors (Lipinski definition) is 0. The maximum Gasteiger partial charge on any atom is -0.0122 e. The highest BCUT2D eigenvalue weighted by Gasteiger charge is 2.61.